The highest BCUT2D eigenvalue weighted by Gasteiger charge is 2.07. The first-order chi connectivity index (χ1) is 9.83. The maximum Gasteiger partial charge on any atom is 0.258 e. The van der Waals surface area contributed by atoms with Gasteiger partial charge in [0.1, 0.15) is 0 Å². The van der Waals surface area contributed by atoms with Crippen molar-refractivity contribution in [3.8, 4) is 11.1 Å². The third-order valence-electron chi connectivity index (χ3n) is 3.54. The Morgan fingerprint density at radius 3 is 2.80 bits per heavy atom. The van der Waals surface area contributed by atoms with Crippen molar-refractivity contribution >= 4 is 21.8 Å². The van der Waals surface area contributed by atoms with Gasteiger partial charge in [-0.1, -0.05) is 24.3 Å². The first-order valence-electron chi connectivity index (χ1n) is 6.37. The van der Waals surface area contributed by atoms with Gasteiger partial charge in [0.25, 0.3) is 5.56 Å². The van der Waals surface area contributed by atoms with Crippen LogP contribution < -0.4 is 5.56 Å². The highest BCUT2D eigenvalue weighted by Crippen LogP contribution is 2.29. The largest absolute Gasteiger partial charge is 0.361 e. The molecule has 0 fully saturated rings. The fraction of sp³-hybridized carbons (Fsp3) is 0. The van der Waals surface area contributed by atoms with Crippen LogP contribution in [0.15, 0.2) is 59.8 Å². The zero-order chi connectivity index (χ0) is 13.5. The van der Waals surface area contributed by atoms with Gasteiger partial charge in [-0.15, -0.1) is 0 Å². The van der Waals surface area contributed by atoms with Gasteiger partial charge in [0.15, 0.2) is 0 Å². The third-order valence-corrected chi connectivity index (χ3v) is 3.54. The zero-order valence-corrected chi connectivity index (χ0v) is 10.6. The monoisotopic (exact) mass is 261 g/mol. The number of aromatic amines is 2. The van der Waals surface area contributed by atoms with E-state index in [1.165, 1.54) is 6.33 Å². The van der Waals surface area contributed by atoms with Crippen molar-refractivity contribution in [1.29, 1.82) is 0 Å². The van der Waals surface area contributed by atoms with Crippen molar-refractivity contribution < 1.29 is 0 Å². The summed E-state index contributed by atoms with van der Waals surface area (Å²) in [6.07, 6.45) is 3.40. The molecule has 4 rings (SSSR count). The van der Waals surface area contributed by atoms with Gasteiger partial charge in [-0.25, -0.2) is 4.98 Å². The number of rotatable bonds is 1. The van der Waals surface area contributed by atoms with E-state index in [0.29, 0.717) is 10.9 Å². The summed E-state index contributed by atoms with van der Waals surface area (Å²) in [4.78, 5) is 21.9. The van der Waals surface area contributed by atoms with Crippen molar-refractivity contribution in [3.63, 3.8) is 0 Å². The Bertz CT molecular complexity index is 982. The van der Waals surface area contributed by atoms with E-state index in [1.807, 2.05) is 42.6 Å². The van der Waals surface area contributed by atoms with Crippen molar-refractivity contribution in [2.75, 3.05) is 0 Å². The zero-order valence-electron chi connectivity index (χ0n) is 10.6. The predicted octanol–water partition coefficient (Wildman–Crippen LogP) is 3.07. The van der Waals surface area contributed by atoms with Crippen molar-refractivity contribution in [2.45, 2.75) is 0 Å². The molecule has 0 unspecified atom stereocenters. The van der Waals surface area contributed by atoms with Gasteiger partial charge in [0.2, 0.25) is 0 Å². The second-order valence-electron chi connectivity index (χ2n) is 4.71. The van der Waals surface area contributed by atoms with E-state index in [0.717, 1.165) is 22.0 Å². The average molecular weight is 261 g/mol. The van der Waals surface area contributed by atoms with Crippen LogP contribution in [0.1, 0.15) is 0 Å². The number of hydrogen-bond donors (Lipinski definition) is 2. The van der Waals surface area contributed by atoms with Crippen molar-refractivity contribution in [2.24, 2.45) is 0 Å². The molecule has 0 atom stereocenters. The number of hydrogen-bond acceptors (Lipinski definition) is 2. The molecule has 20 heavy (non-hydrogen) atoms. The fourth-order valence-electron chi connectivity index (χ4n) is 2.55. The van der Waals surface area contributed by atoms with Gasteiger partial charge in [-0.3, -0.25) is 4.79 Å². The summed E-state index contributed by atoms with van der Waals surface area (Å²) >= 11 is 0. The minimum absolute atomic E-state index is 0.114. The summed E-state index contributed by atoms with van der Waals surface area (Å²) in [6.45, 7) is 0. The van der Waals surface area contributed by atoms with Crippen LogP contribution in [-0.4, -0.2) is 15.0 Å². The van der Waals surface area contributed by atoms with Gasteiger partial charge >= 0.3 is 0 Å². The average Bonchev–Trinajstić information content (AvgIpc) is 2.91. The maximum atomic E-state index is 11.9. The molecule has 0 aliphatic rings. The molecule has 0 radical (unpaired) electrons. The Balaban J connectivity index is 2.03. The summed E-state index contributed by atoms with van der Waals surface area (Å²) in [5.41, 5.74) is 3.77. The standard InChI is InChI=1S/C16H11N3O/c20-16-12-7-10(5-6-15(12)18-9-19-16)13-8-17-14-4-2-1-3-11(13)14/h1-9,17H,(H,18,19,20). The topological polar surface area (TPSA) is 61.5 Å². The number of fused-ring (bicyclic) bond motifs is 2. The van der Waals surface area contributed by atoms with Crippen LogP contribution in [0.25, 0.3) is 32.9 Å². The number of para-hydroxylation sites is 1. The molecule has 4 heteroatoms. The van der Waals surface area contributed by atoms with Crippen LogP contribution in [-0.2, 0) is 0 Å². The maximum absolute atomic E-state index is 11.9. The summed E-state index contributed by atoms with van der Waals surface area (Å²) in [5, 5.41) is 1.75. The lowest BCUT2D eigenvalue weighted by Gasteiger charge is -2.01. The van der Waals surface area contributed by atoms with E-state index in [1.54, 1.807) is 0 Å². The minimum Gasteiger partial charge on any atom is -0.361 e. The van der Waals surface area contributed by atoms with Crippen LogP contribution in [0.5, 0.6) is 0 Å². The van der Waals surface area contributed by atoms with Gasteiger partial charge in [-0.05, 0) is 23.8 Å². The fourth-order valence-corrected chi connectivity index (χ4v) is 2.55. The lowest BCUT2D eigenvalue weighted by atomic mass is 10.0. The molecule has 4 nitrogen and oxygen atoms in total. The molecule has 2 N–H and O–H groups in total. The molecule has 96 valence electrons. The quantitative estimate of drug-likeness (QED) is 0.553. The molecular formula is C16H11N3O. The number of benzene rings is 2. The Morgan fingerprint density at radius 1 is 0.950 bits per heavy atom. The van der Waals surface area contributed by atoms with Crippen LogP contribution in [0.2, 0.25) is 0 Å². The summed E-state index contributed by atoms with van der Waals surface area (Å²) < 4.78 is 0. The highest BCUT2D eigenvalue weighted by atomic mass is 16.1. The van der Waals surface area contributed by atoms with E-state index < -0.39 is 0 Å². The molecule has 0 aliphatic carbocycles. The Morgan fingerprint density at radius 2 is 1.85 bits per heavy atom. The first-order valence-corrected chi connectivity index (χ1v) is 6.37. The minimum atomic E-state index is -0.114. The first kappa shape index (κ1) is 11.0. The number of nitrogens with zero attached hydrogens (tertiary/aromatic N) is 1. The lowest BCUT2D eigenvalue weighted by Crippen LogP contribution is -2.05. The molecule has 0 spiro atoms. The van der Waals surface area contributed by atoms with Crippen LogP contribution in [0.3, 0.4) is 0 Å². The van der Waals surface area contributed by atoms with Gasteiger partial charge in [0.05, 0.1) is 17.2 Å². The van der Waals surface area contributed by atoms with Gasteiger partial charge in [0, 0.05) is 22.7 Å². The Hall–Kier alpha value is -2.88. The van der Waals surface area contributed by atoms with Crippen LogP contribution in [0.4, 0.5) is 0 Å². The molecule has 2 aromatic carbocycles. The molecule has 0 aliphatic heterocycles. The third kappa shape index (κ3) is 1.55. The van der Waals surface area contributed by atoms with Gasteiger partial charge < -0.3 is 9.97 Å². The van der Waals surface area contributed by atoms with Crippen molar-refractivity contribution in [1.82, 2.24) is 15.0 Å². The molecule has 2 aromatic heterocycles. The van der Waals surface area contributed by atoms with Crippen LogP contribution >= 0.6 is 0 Å². The van der Waals surface area contributed by atoms with E-state index in [4.69, 9.17) is 0 Å². The predicted molar refractivity (Wildman–Crippen MR) is 79.7 cm³/mol. The normalized spacial score (nSPS) is 11.2. The van der Waals surface area contributed by atoms with Crippen molar-refractivity contribution in [3.05, 3.63) is 65.3 Å². The molecule has 0 saturated carbocycles. The molecule has 2 heterocycles. The summed E-state index contributed by atoms with van der Waals surface area (Å²) in [7, 11) is 0. The van der Waals surface area contributed by atoms with E-state index >= 15 is 0 Å². The molecule has 4 aromatic rings. The molecule has 0 saturated heterocycles. The van der Waals surface area contributed by atoms with E-state index in [9.17, 15) is 4.79 Å². The molecule has 0 bridgehead atoms. The SMILES string of the molecule is O=c1[nH]cnc2ccc(-c3c[nH]c4ccccc34)cc12. The Labute approximate surface area is 114 Å². The van der Waals surface area contributed by atoms with E-state index in [2.05, 4.69) is 21.0 Å². The Kier molecular flexibility index (Phi) is 2.23. The number of aromatic nitrogens is 3. The second-order valence-corrected chi connectivity index (χ2v) is 4.71. The van der Waals surface area contributed by atoms with Crippen LogP contribution in [0, 0.1) is 0 Å². The highest BCUT2D eigenvalue weighted by molar-refractivity contribution is 5.97. The number of H-pyrrole nitrogens is 2. The smallest absolute Gasteiger partial charge is 0.258 e. The molecular weight excluding hydrogens is 250 g/mol. The summed E-state index contributed by atoms with van der Waals surface area (Å²) in [6, 6.07) is 13.9. The van der Waals surface area contributed by atoms with E-state index in [-0.39, 0.29) is 5.56 Å². The number of nitrogens with one attached hydrogen (secondary N) is 2. The summed E-state index contributed by atoms with van der Waals surface area (Å²) in [5.74, 6) is 0. The second kappa shape index (κ2) is 4.06. The van der Waals surface area contributed by atoms with Gasteiger partial charge in [-0.2, -0.15) is 0 Å². The molecule has 0 amide bonds. The lowest BCUT2D eigenvalue weighted by molar-refractivity contribution is 1.17.